The number of rotatable bonds is 2. The number of halogens is 1. The Morgan fingerprint density at radius 3 is 2.95 bits per heavy atom. The summed E-state index contributed by atoms with van der Waals surface area (Å²) in [6.45, 7) is 4.51. The average molecular weight is 287 g/mol. The van der Waals surface area contributed by atoms with Gasteiger partial charge in [0.15, 0.2) is 5.82 Å². The molecular formula is C17H22FN3. The quantitative estimate of drug-likeness (QED) is 0.814. The summed E-state index contributed by atoms with van der Waals surface area (Å²) in [5.41, 5.74) is 7.45. The molecule has 1 heterocycles. The highest BCUT2D eigenvalue weighted by molar-refractivity contribution is 5.98. The van der Waals surface area contributed by atoms with E-state index in [0.29, 0.717) is 28.7 Å². The van der Waals surface area contributed by atoms with E-state index in [4.69, 9.17) is 5.73 Å². The van der Waals surface area contributed by atoms with Gasteiger partial charge in [-0.25, -0.2) is 4.39 Å². The van der Waals surface area contributed by atoms with Crippen LogP contribution in [0.2, 0.25) is 0 Å². The van der Waals surface area contributed by atoms with Crippen LogP contribution in [0.5, 0.6) is 0 Å². The van der Waals surface area contributed by atoms with Gasteiger partial charge < -0.3 is 11.1 Å². The zero-order valence-corrected chi connectivity index (χ0v) is 12.6. The first-order chi connectivity index (χ1) is 10.1. The molecule has 3 N–H and O–H groups in total. The van der Waals surface area contributed by atoms with Crippen molar-refractivity contribution in [3.8, 4) is 0 Å². The molecule has 1 aliphatic rings. The molecule has 1 aromatic heterocycles. The summed E-state index contributed by atoms with van der Waals surface area (Å²) < 4.78 is 14.4. The van der Waals surface area contributed by atoms with Crippen molar-refractivity contribution < 1.29 is 4.39 Å². The van der Waals surface area contributed by atoms with E-state index in [1.807, 2.05) is 12.1 Å². The van der Waals surface area contributed by atoms with Crippen molar-refractivity contribution in [1.82, 2.24) is 4.98 Å². The van der Waals surface area contributed by atoms with E-state index >= 15 is 0 Å². The summed E-state index contributed by atoms with van der Waals surface area (Å²) in [6, 6.07) is 5.39. The Hall–Kier alpha value is -1.84. The van der Waals surface area contributed by atoms with Crippen LogP contribution in [0, 0.1) is 17.7 Å². The molecule has 3 unspecified atom stereocenters. The van der Waals surface area contributed by atoms with Crippen molar-refractivity contribution in [3.63, 3.8) is 0 Å². The molecule has 0 bridgehead atoms. The third kappa shape index (κ3) is 2.55. The number of fused-ring (bicyclic) bond motifs is 1. The van der Waals surface area contributed by atoms with Gasteiger partial charge in [0.05, 0.1) is 11.2 Å². The van der Waals surface area contributed by atoms with Gasteiger partial charge in [-0.15, -0.1) is 0 Å². The lowest BCUT2D eigenvalue weighted by Crippen LogP contribution is -2.35. The first-order valence-electron chi connectivity index (χ1n) is 7.67. The molecule has 3 nitrogen and oxygen atoms in total. The smallest absolute Gasteiger partial charge is 0.150 e. The van der Waals surface area contributed by atoms with Crippen molar-refractivity contribution >= 4 is 22.3 Å². The van der Waals surface area contributed by atoms with Crippen LogP contribution in [0.4, 0.5) is 15.8 Å². The molecule has 0 radical (unpaired) electrons. The number of hydrogen-bond acceptors (Lipinski definition) is 3. The Bertz CT molecular complexity index is 656. The molecule has 4 heteroatoms. The van der Waals surface area contributed by atoms with Crippen LogP contribution in [-0.2, 0) is 0 Å². The number of nitrogens with one attached hydrogen (secondary N) is 1. The van der Waals surface area contributed by atoms with Crippen LogP contribution in [0.3, 0.4) is 0 Å². The normalized spacial score (nSPS) is 26.0. The minimum absolute atomic E-state index is 0.289. The fourth-order valence-electron chi connectivity index (χ4n) is 3.35. The maximum absolute atomic E-state index is 14.4. The van der Waals surface area contributed by atoms with Crippen LogP contribution < -0.4 is 11.1 Å². The second-order valence-corrected chi connectivity index (χ2v) is 6.24. The molecule has 1 saturated carbocycles. The predicted molar refractivity (Wildman–Crippen MR) is 85.7 cm³/mol. The van der Waals surface area contributed by atoms with E-state index < -0.39 is 0 Å². The summed E-state index contributed by atoms with van der Waals surface area (Å²) >= 11 is 0. The van der Waals surface area contributed by atoms with E-state index in [0.717, 1.165) is 11.8 Å². The first-order valence-corrected chi connectivity index (χ1v) is 7.67. The highest BCUT2D eigenvalue weighted by Crippen LogP contribution is 2.35. The maximum Gasteiger partial charge on any atom is 0.150 e. The fraction of sp³-hybridized carbons (Fsp3) is 0.471. The molecule has 3 rings (SSSR count). The van der Waals surface area contributed by atoms with E-state index in [-0.39, 0.29) is 11.9 Å². The number of benzene rings is 1. The van der Waals surface area contributed by atoms with Crippen molar-refractivity contribution in [1.29, 1.82) is 0 Å². The molecule has 1 aliphatic carbocycles. The van der Waals surface area contributed by atoms with Crippen molar-refractivity contribution in [2.45, 2.75) is 39.2 Å². The Labute approximate surface area is 124 Å². The van der Waals surface area contributed by atoms with Crippen LogP contribution in [0.1, 0.15) is 33.1 Å². The van der Waals surface area contributed by atoms with Crippen LogP contribution in [0.15, 0.2) is 24.4 Å². The van der Waals surface area contributed by atoms with E-state index in [2.05, 4.69) is 24.1 Å². The maximum atomic E-state index is 14.4. The monoisotopic (exact) mass is 287 g/mol. The molecule has 0 aliphatic heterocycles. The molecule has 3 atom stereocenters. The fourth-order valence-corrected chi connectivity index (χ4v) is 3.35. The Kier molecular flexibility index (Phi) is 3.70. The van der Waals surface area contributed by atoms with Gasteiger partial charge in [-0.3, -0.25) is 4.98 Å². The summed E-state index contributed by atoms with van der Waals surface area (Å²) in [4.78, 5) is 4.33. The minimum atomic E-state index is -0.316. The number of pyridine rings is 1. The van der Waals surface area contributed by atoms with Gasteiger partial charge in [-0.05, 0) is 36.5 Å². The Morgan fingerprint density at radius 1 is 1.33 bits per heavy atom. The van der Waals surface area contributed by atoms with Crippen molar-refractivity contribution in [2.75, 3.05) is 11.1 Å². The standard InChI is InChI=1S/C17H22FN3/c1-10-5-3-7-15(11(10)2)21-17-13(18)9-14(19)12-6-4-8-20-16(12)17/h4,6,8-11,15,21H,3,5,7,19H2,1-2H3. The zero-order chi connectivity index (χ0) is 15.0. The second kappa shape index (κ2) is 5.51. The highest BCUT2D eigenvalue weighted by Gasteiger charge is 2.28. The summed E-state index contributed by atoms with van der Waals surface area (Å²) in [7, 11) is 0. The molecule has 112 valence electrons. The van der Waals surface area contributed by atoms with Crippen molar-refractivity contribution in [3.05, 3.63) is 30.2 Å². The summed E-state index contributed by atoms with van der Waals surface area (Å²) in [6.07, 6.45) is 5.19. The lowest BCUT2D eigenvalue weighted by molar-refractivity contribution is 0.253. The molecule has 1 aromatic carbocycles. The van der Waals surface area contributed by atoms with Gasteiger partial charge in [0.25, 0.3) is 0 Å². The molecule has 1 fully saturated rings. The van der Waals surface area contributed by atoms with E-state index in [9.17, 15) is 4.39 Å². The SMILES string of the molecule is CC1CCCC(Nc2c(F)cc(N)c3cccnc23)C1C. The molecule has 21 heavy (non-hydrogen) atoms. The van der Waals surface area contributed by atoms with E-state index in [1.54, 1.807) is 6.20 Å². The van der Waals surface area contributed by atoms with Crippen molar-refractivity contribution in [2.24, 2.45) is 11.8 Å². The predicted octanol–water partition coefficient (Wildman–Crippen LogP) is 4.19. The molecule has 0 amide bonds. The lowest BCUT2D eigenvalue weighted by atomic mass is 9.78. The number of hydrogen-bond donors (Lipinski definition) is 2. The van der Waals surface area contributed by atoms with Gasteiger partial charge in [0, 0.05) is 23.3 Å². The minimum Gasteiger partial charge on any atom is -0.398 e. The summed E-state index contributed by atoms with van der Waals surface area (Å²) in [5, 5.41) is 4.21. The van der Waals surface area contributed by atoms with E-state index in [1.165, 1.54) is 18.9 Å². The zero-order valence-electron chi connectivity index (χ0n) is 12.6. The van der Waals surface area contributed by atoms with Crippen LogP contribution >= 0.6 is 0 Å². The highest BCUT2D eigenvalue weighted by atomic mass is 19.1. The third-order valence-electron chi connectivity index (χ3n) is 4.91. The van der Waals surface area contributed by atoms with Crippen LogP contribution in [0.25, 0.3) is 10.9 Å². The summed E-state index contributed by atoms with van der Waals surface area (Å²) in [5.74, 6) is 0.867. The number of aromatic nitrogens is 1. The third-order valence-corrected chi connectivity index (χ3v) is 4.91. The number of nitrogen functional groups attached to an aromatic ring is 1. The first kappa shape index (κ1) is 14.1. The van der Waals surface area contributed by atoms with Crippen LogP contribution in [-0.4, -0.2) is 11.0 Å². The largest absolute Gasteiger partial charge is 0.398 e. The number of nitrogens with two attached hydrogens (primary N) is 1. The molecule has 0 spiro atoms. The number of anilines is 2. The van der Waals surface area contributed by atoms with Gasteiger partial charge in [0.2, 0.25) is 0 Å². The molecule has 0 saturated heterocycles. The van der Waals surface area contributed by atoms with Gasteiger partial charge in [0.1, 0.15) is 0 Å². The molecular weight excluding hydrogens is 265 g/mol. The number of nitrogens with zero attached hydrogens (tertiary/aromatic N) is 1. The van der Waals surface area contributed by atoms with Gasteiger partial charge >= 0.3 is 0 Å². The van der Waals surface area contributed by atoms with Gasteiger partial charge in [-0.1, -0.05) is 26.7 Å². The lowest BCUT2D eigenvalue weighted by Gasteiger charge is -2.35. The second-order valence-electron chi connectivity index (χ2n) is 6.24. The Morgan fingerprint density at radius 2 is 2.14 bits per heavy atom. The van der Waals surface area contributed by atoms with Gasteiger partial charge in [-0.2, -0.15) is 0 Å². The molecule has 2 aromatic rings. The Balaban J connectivity index is 2.00. The average Bonchev–Trinajstić information content (AvgIpc) is 2.47. The topological polar surface area (TPSA) is 50.9 Å².